The van der Waals surface area contributed by atoms with Gasteiger partial charge in [-0.2, -0.15) is 0 Å². The van der Waals surface area contributed by atoms with Crippen LogP contribution in [-0.4, -0.2) is 45.8 Å². The van der Waals surface area contributed by atoms with Crippen LogP contribution < -0.4 is 0 Å². The summed E-state index contributed by atoms with van der Waals surface area (Å²) in [5.74, 6) is 0.196. The first-order valence-corrected chi connectivity index (χ1v) is 7.18. The minimum absolute atomic E-state index is 0.196. The zero-order chi connectivity index (χ0) is 13.7. The molecule has 1 rings (SSSR count). The van der Waals surface area contributed by atoms with Crippen LogP contribution in [0.2, 0.25) is 0 Å². The molecule has 0 saturated carbocycles. The van der Waals surface area contributed by atoms with Crippen molar-refractivity contribution in [1.29, 1.82) is 0 Å². The topological polar surface area (TPSA) is 69.9 Å². The van der Waals surface area contributed by atoms with Gasteiger partial charge >= 0.3 is 0 Å². The third-order valence-corrected chi connectivity index (χ3v) is 3.96. The van der Waals surface area contributed by atoms with Crippen LogP contribution in [0.3, 0.4) is 0 Å². The normalized spacial score (nSPS) is 38.7. The van der Waals surface area contributed by atoms with Gasteiger partial charge in [-0.15, -0.1) is 0 Å². The Morgan fingerprint density at radius 2 is 1.67 bits per heavy atom. The molecule has 1 saturated heterocycles. The largest absolute Gasteiger partial charge is 0.388 e. The first-order chi connectivity index (χ1) is 8.49. The Bertz CT molecular complexity index is 234. The molecule has 0 aromatic heterocycles. The first-order valence-electron chi connectivity index (χ1n) is 7.18. The second kappa shape index (κ2) is 7.43. The molecule has 0 amide bonds. The maximum atomic E-state index is 9.96. The van der Waals surface area contributed by atoms with E-state index < -0.39 is 24.4 Å². The highest BCUT2D eigenvalue weighted by Crippen LogP contribution is 2.28. The van der Waals surface area contributed by atoms with Crippen LogP contribution in [0.15, 0.2) is 0 Å². The molecule has 4 nitrogen and oxygen atoms in total. The number of aliphatic hydroxyl groups excluding tert-OH is 3. The molecule has 18 heavy (non-hydrogen) atoms. The van der Waals surface area contributed by atoms with Gasteiger partial charge in [-0.05, 0) is 19.3 Å². The Morgan fingerprint density at radius 3 is 2.28 bits per heavy atom. The van der Waals surface area contributed by atoms with Crippen molar-refractivity contribution in [2.24, 2.45) is 5.92 Å². The lowest BCUT2D eigenvalue weighted by Crippen LogP contribution is -2.58. The molecule has 6 atom stereocenters. The highest BCUT2D eigenvalue weighted by molar-refractivity contribution is 4.92. The van der Waals surface area contributed by atoms with Crippen molar-refractivity contribution >= 4 is 0 Å². The number of hydrogen-bond acceptors (Lipinski definition) is 4. The highest BCUT2D eigenvalue weighted by Gasteiger charge is 2.43. The van der Waals surface area contributed by atoms with Crippen LogP contribution in [0.1, 0.15) is 52.9 Å². The lowest BCUT2D eigenvalue weighted by molar-refractivity contribution is -0.228. The SMILES string of the molecule is CCCCCCC(C)C1OC(C)C(O)C(O)C1O. The van der Waals surface area contributed by atoms with Crippen LogP contribution in [0.5, 0.6) is 0 Å². The van der Waals surface area contributed by atoms with Crippen LogP contribution in [0.4, 0.5) is 0 Å². The Kier molecular flexibility index (Phi) is 6.57. The molecule has 1 fully saturated rings. The van der Waals surface area contributed by atoms with Gasteiger partial charge in [-0.3, -0.25) is 0 Å². The fourth-order valence-corrected chi connectivity index (χ4v) is 2.61. The van der Waals surface area contributed by atoms with Gasteiger partial charge in [0.2, 0.25) is 0 Å². The standard InChI is InChI=1S/C14H28O4/c1-4-5-6-7-8-9(2)14-13(17)12(16)11(15)10(3)18-14/h9-17H,4-8H2,1-3H3. The molecular weight excluding hydrogens is 232 g/mol. The van der Waals surface area contributed by atoms with E-state index in [9.17, 15) is 15.3 Å². The third-order valence-electron chi connectivity index (χ3n) is 3.96. The van der Waals surface area contributed by atoms with Gasteiger partial charge in [0.25, 0.3) is 0 Å². The van der Waals surface area contributed by atoms with Gasteiger partial charge in [-0.1, -0.05) is 39.5 Å². The molecule has 4 heteroatoms. The fraction of sp³-hybridized carbons (Fsp3) is 1.00. The molecule has 0 bridgehead atoms. The maximum absolute atomic E-state index is 9.96. The van der Waals surface area contributed by atoms with Crippen LogP contribution in [-0.2, 0) is 4.74 Å². The lowest BCUT2D eigenvalue weighted by Gasteiger charge is -2.42. The third kappa shape index (κ3) is 3.92. The zero-order valence-electron chi connectivity index (χ0n) is 11.7. The predicted molar refractivity (Wildman–Crippen MR) is 70.3 cm³/mol. The summed E-state index contributed by atoms with van der Waals surface area (Å²) in [4.78, 5) is 0. The second-order valence-electron chi connectivity index (χ2n) is 5.60. The van der Waals surface area contributed by atoms with Gasteiger partial charge in [0.1, 0.15) is 18.3 Å². The summed E-state index contributed by atoms with van der Waals surface area (Å²) in [6.45, 7) is 5.95. The van der Waals surface area contributed by atoms with Gasteiger partial charge in [0.15, 0.2) is 0 Å². The van der Waals surface area contributed by atoms with Crippen LogP contribution >= 0.6 is 0 Å². The quantitative estimate of drug-likeness (QED) is 0.632. The first kappa shape index (κ1) is 15.9. The van der Waals surface area contributed by atoms with Gasteiger partial charge < -0.3 is 20.1 Å². The van der Waals surface area contributed by atoms with E-state index in [1.165, 1.54) is 19.3 Å². The van der Waals surface area contributed by atoms with Crippen molar-refractivity contribution in [2.45, 2.75) is 83.4 Å². The summed E-state index contributed by atoms with van der Waals surface area (Å²) < 4.78 is 5.64. The molecular formula is C14H28O4. The number of aliphatic hydroxyl groups is 3. The summed E-state index contributed by atoms with van der Waals surface area (Å²) in [5, 5.41) is 29.4. The van der Waals surface area contributed by atoms with E-state index in [1.807, 2.05) is 6.92 Å². The molecule has 108 valence electrons. The monoisotopic (exact) mass is 260 g/mol. The second-order valence-corrected chi connectivity index (χ2v) is 5.60. The van der Waals surface area contributed by atoms with Crippen molar-refractivity contribution in [3.8, 4) is 0 Å². The molecule has 1 aliphatic rings. The minimum atomic E-state index is -1.10. The lowest BCUT2D eigenvalue weighted by atomic mass is 9.86. The van der Waals surface area contributed by atoms with Crippen LogP contribution in [0, 0.1) is 5.92 Å². The number of rotatable bonds is 6. The van der Waals surface area contributed by atoms with E-state index in [2.05, 4.69) is 6.92 Å². The van der Waals surface area contributed by atoms with Crippen molar-refractivity contribution in [3.05, 3.63) is 0 Å². The fourth-order valence-electron chi connectivity index (χ4n) is 2.61. The molecule has 6 unspecified atom stereocenters. The van der Waals surface area contributed by atoms with E-state index in [-0.39, 0.29) is 12.0 Å². The highest BCUT2D eigenvalue weighted by atomic mass is 16.5. The van der Waals surface area contributed by atoms with E-state index in [4.69, 9.17) is 4.74 Å². The summed E-state index contributed by atoms with van der Waals surface area (Å²) in [6.07, 6.45) is 1.86. The summed E-state index contributed by atoms with van der Waals surface area (Å²) in [7, 11) is 0. The Hall–Kier alpha value is -0.160. The van der Waals surface area contributed by atoms with Crippen LogP contribution in [0.25, 0.3) is 0 Å². The Balaban J connectivity index is 2.43. The van der Waals surface area contributed by atoms with Crippen molar-refractivity contribution in [1.82, 2.24) is 0 Å². The van der Waals surface area contributed by atoms with Gasteiger partial charge in [0, 0.05) is 0 Å². The van der Waals surface area contributed by atoms with Crippen molar-refractivity contribution < 1.29 is 20.1 Å². The van der Waals surface area contributed by atoms with Crippen molar-refractivity contribution in [2.75, 3.05) is 0 Å². The summed E-state index contributed by atoms with van der Waals surface area (Å²) >= 11 is 0. The molecule has 1 heterocycles. The number of ether oxygens (including phenoxy) is 1. The maximum Gasteiger partial charge on any atom is 0.111 e. The number of unbranched alkanes of at least 4 members (excludes halogenated alkanes) is 3. The van der Waals surface area contributed by atoms with E-state index in [0.29, 0.717) is 0 Å². The van der Waals surface area contributed by atoms with E-state index in [1.54, 1.807) is 6.92 Å². The van der Waals surface area contributed by atoms with Gasteiger partial charge in [0.05, 0.1) is 12.2 Å². The summed E-state index contributed by atoms with van der Waals surface area (Å²) in [5.41, 5.74) is 0. The van der Waals surface area contributed by atoms with E-state index >= 15 is 0 Å². The summed E-state index contributed by atoms with van der Waals surface area (Å²) in [6, 6.07) is 0. The molecule has 0 aliphatic carbocycles. The van der Waals surface area contributed by atoms with Gasteiger partial charge in [-0.25, -0.2) is 0 Å². The number of hydrogen-bond donors (Lipinski definition) is 3. The molecule has 1 aliphatic heterocycles. The molecule has 3 N–H and O–H groups in total. The van der Waals surface area contributed by atoms with E-state index in [0.717, 1.165) is 12.8 Å². The molecule has 0 spiro atoms. The molecule has 0 radical (unpaired) electrons. The average Bonchev–Trinajstić information content (AvgIpc) is 2.36. The predicted octanol–water partition coefficient (Wildman–Crippen LogP) is 1.46. The van der Waals surface area contributed by atoms with Crippen molar-refractivity contribution in [3.63, 3.8) is 0 Å². The molecule has 0 aromatic carbocycles. The smallest absolute Gasteiger partial charge is 0.111 e. The minimum Gasteiger partial charge on any atom is -0.388 e. The Morgan fingerprint density at radius 1 is 1.00 bits per heavy atom. The Labute approximate surface area is 110 Å². The molecule has 0 aromatic rings. The zero-order valence-corrected chi connectivity index (χ0v) is 11.7. The average molecular weight is 260 g/mol.